The van der Waals surface area contributed by atoms with Crippen molar-refractivity contribution in [1.29, 1.82) is 0 Å². The molecule has 1 unspecified atom stereocenters. The maximum atomic E-state index is 12.7. The van der Waals surface area contributed by atoms with Gasteiger partial charge in [0.15, 0.2) is 0 Å². The molecule has 0 bridgehead atoms. The molecule has 1 saturated heterocycles. The summed E-state index contributed by atoms with van der Waals surface area (Å²) in [6.07, 6.45) is -1.20. The van der Waals surface area contributed by atoms with Crippen molar-refractivity contribution in [1.82, 2.24) is 14.3 Å². The molecule has 1 aliphatic rings. The molecule has 10 heteroatoms. The Labute approximate surface area is 127 Å². The number of anilines is 1. The van der Waals surface area contributed by atoms with E-state index in [-0.39, 0.29) is 11.9 Å². The predicted octanol–water partition coefficient (Wildman–Crippen LogP) is 1.36. The Bertz CT molecular complexity index is 636. The number of rotatable bonds is 3. The number of nitrogens with zero attached hydrogens (tertiary/aromatic N) is 4. The van der Waals surface area contributed by atoms with Gasteiger partial charge in [0.2, 0.25) is 10.0 Å². The summed E-state index contributed by atoms with van der Waals surface area (Å²) < 4.78 is 62.5. The zero-order valence-electron chi connectivity index (χ0n) is 12.2. The molecule has 1 aromatic rings. The number of alkyl halides is 3. The lowest BCUT2D eigenvalue weighted by Crippen LogP contribution is -2.48. The molecule has 2 rings (SSSR count). The van der Waals surface area contributed by atoms with E-state index >= 15 is 0 Å². The van der Waals surface area contributed by atoms with Crippen LogP contribution >= 0.6 is 0 Å². The summed E-state index contributed by atoms with van der Waals surface area (Å²) in [4.78, 5) is 8.77. The molecule has 0 amide bonds. The standard InChI is InChI=1S/C12H17F3N4O2S/c1-18(22(2,20)21)9-4-3-5-19(7-9)11-6-10(12(13,14)15)16-8-17-11/h6,8-9H,3-5,7H2,1-2H3. The second-order valence-corrected chi connectivity index (χ2v) is 7.32. The molecule has 0 aromatic carbocycles. The first-order valence-electron chi connectivity index (χ1n) is 6.66. The summed E-state index contributed by atoms with van der Waals surface area (Å²) in [5.74, 6) is 0.161. The van der Waals surface area contributed by atoms with Crippen LogP contribution in [0.5, 0.6) is 0 Å². The van der Waals surface area contributed by atoms with Gasteiger partial charge in [0.25, 0.3) is 0 Å². The van der Waals surface area contributed by atoms with Crippen molar-refractivity contribution >= 4 is 15.8 Å². The Kier molecular flexibility index (Phi) is 4.62. The minimum absolute atomic E-state index is 0.161. The van der Waals surface area contributed by atoms with Crippen LogP contribution in [-0.2, 0) is 16.2 Å². The smallest absolute Gasteiger partial charge is 0.355 e. The van der Waals surface area contributed by atoms with E-state index in [2.05, 4.69) is 9.97 Å². The third-order valence-electron chi connectivity index (χ3n) is 3.70. The van der Waals surface area contributed by atoms with E-state index in [0.717, 1.165) is 18.6 Å². The molecule has 1 fully saturated rings. The van der Waals surface area contributed by atoms with E-state index in [0.29, 0.717) is 25.9 Å². The molecule has 1 aromatic heterocycles. The van der Waals surface area contributed by atoms with Gasteiger partial charge in [0.1, 0.15) is 17.8 Å². The highest BCUT2D eigenvalue weighted by atomic mass is 32.2. The van der Waals surface area contributed by atoms with Crippen molar-refractivity contribution in [3.63, 3.8) is 0 Å². The maximum Gasteiger partial charge on any atom is 0.433 e. The van der Waals surface area contributed by atoms with Gasteiger partial charge < -0.3 is 4.90 Å². The van der Waals surface area contributed by atoms with Crippen molar-refractivity contribution in [2.45, 2.75) is 25.1 Å². The van der Waals surface area contributed by atoms with Crippen LogP contribution in [0.3, 0.4) is 0 Å². The van der Waals surface area contributed by atoms with Crippen LogP contribution in [-0.4, -0.2) is 55.1 Å². The molecule has 124 valence electrons. The number of hydrogen-bond acceptors (Lipinski definition) is 5. The molecular formula is C12H17F3N4O2S. The third-order valence-corrected chi connectivity index (χ3v) is 5.05. The van der Waals surface area contributed by atoms with E-state index in [1.165, 1.54) is 11.4 Å². The van der Waals surface area contributed by atoms with Gasteiger partial charge in [0.05, 0.1) is 6.26 Å². The van der Waals surface area contributed by atoms with Crippen LogP contribution in [0.2, 0.25) is 0 Å². The van der Waals surface area contributed by atoms with Crippen LogP contribution < -0.4 is 4.90 Å². The number of piperidine rings is 1. The van der Waals surface area contributed by atoms with Gasteiger partial charge in [-0.3, -0.25) is 0 Å². The monoisotopic (exact) mass is 338 g/mol. The van der Waals surface area contributed by atoms with Crippen LogP contribution in [0, 0.1) is 0 Å². The van der Waals surface area contributed by atoms with Gasteiger partial charge in [-0.25, -0.2) is 22.7 Å². The van der Waals surface area contributed by atoms with Crippen LogP contribution in [0.15, 0.2) is 12.4 Å². The molecular weight excluding hydrogens is 321 g/mol. The third kappa shape index (κ3) is 3.86. The highest BCUT2D eigenvalue weighted by Gasteiger charge is 2.34. The second kappa shape index (κ2) is 5.99. The number of likely N-dealkylation sites (N-methyl/N-ethyl adjacent to an activating group) is 1. The van der Waals surface area contributed by atoms with Gasteiger partial charge in [0, 0.05) is 32.2 Å². The van der Waals surface area contributed by atoms with Gasteiger partial charge in [-0.2, -0.15) is 13.2 Å². The van der Waals surface area contributed by atoms with Crippen LogP contribution in [0.1, 0.15) is 18.5 Å². The van der Waals surface area contributed by atoms with Crippen molar-refractivity contribution in [3.05, 3.63) is 18.1 Å². The minimum atomic E-state index is -4.53. The number of halogens is 3. The molecule has 0 aliphatic carbocycles. The molecule has 0 radical (unpaired) electrons. The summed E-state index contributed by atoms with van der Waals surface area (Å²) in [6.45, 7) is 0.834. The summed E-state index contributed by atoms with van der Waals surface area (Å²) in [5, 5.41) is 0. The molecule has 6 nitrogen and oxygen atoms in total. The number of sulfonamides is 1. The van der Waals surface area contributed by atoms with E-state index in [1.807, 2.05) is 0 Å². The first-order valence-corrected chi connectivity index (χ1v) is 8.51. The van der Waals surface area contributed by atoms with Gasteiger partial charge in [-0.05, 0) is 12.8 Å². The Hall–Kier alpha value is -1.42. The van der Waals surface area contributed by atoms with Crippen LogP contribution in [0.4, 0.5) is 19.0 Å². The fraction of sp³-hybridized carbons (Fsp3) is 0.667. The quantitative estimate of drug-likeness (QED) is 0.832. The van der Waals surface area contributed by atoms with Crippen molar-refractivity contribution in [2.24, 2.45) is 0 Å². The molecule has 0 spiro atoms. The molecule has 1 aliphatic heterocycles. The SMILES string of the molecule is CN(C1CCCN(c2cc(C(F)(F)F)ncn2)C1)S(C)(=O)=O. The Morgan fingerprint density at radius 2 is 2.05 bits per heavy atom. The normalized spacial score (nSPS) is 20.5. The summed E-state index contributed by atoms with van der Waals surface area (Å²) in [6, 6.07) is 0.607. The highest BCUT2D eigenvalue weighted by molar-refractivity contribution is 7.88. The predicted molar refractivity (Wildman–Crippen MR) is 74.9 cm³/mol. The molecule has 1 atom stereocenters. The average molecular weight is 338 g/mol. The van der Waals surface area contributed by atoms with E-state index in [9.17, 15) is 21.6 Å². The number of aromatic nitrogens is 2. The summed E-state index contributed by atoms with van der Waals surface area (Å²) in [5.41, 5.74) is -1.00. The van der Waals surface area contributed by atoms with Gasteiger partial charge >= 0.3 is 6.18 Å². The average Bonchev–Trinajstić information content (AvgIpc) is 2.45. The highest BCUT2D eigenvalue weighted by Crippen LogP contribution is 2.30. The van der Waals surface area contributed by atoms with Crippen molar-refractivity contribution in [2.75, 3.05) is 31.3 Å². The fourth-order valence-corrected chi connectivity index (χ4v) is 3.12. The molecule has 0 N–H and O–H groups in total. The Morgan fingerprint density at radius 1 is 1.36 bits per heavy atom. The van der Waals surface area contributed by atoms with E-state index < -0.39 is 21.9 Å². The zero-order valence-corrected chi connectivity index (χ0v) is 13.0. The lowest BCUT2D eigenvalue weighted by atomic mass is 10.1. The Balaban J connectivity index is 2.20. The van der Waals surface area contributed by atoms with E-state index in [1.54, 1.807) is 4.90 Å². The topological polar surface area (TPSA) is 66.4 Å². The van der Waals surface area contributed by atoms with E-state index in [4.69, 9.17) is 0 Å². The lowest BCUT2D eigenvalue weighted by Gasteiger charge is -2.37. The molecule has 2 heterocycles. The maximum absolute atomic E-state index is 12.7. The molecule has 0 saturated carbocycles. The number of hydrogen-bond donors (Lipinski definition) is 0. The summed E-state index contributed by atoms with van der Waals surface area (Å²) >= 11 is 0. The van der Waals surface area contributed by atoms with Crippen molar-refractivity contribution < 1.29 is 21.6 Å². The first kappa shape index (κ1) is 16.9. The first-order chi connectivity index (χ1) is 10.1. The zero-order chi connectivity index (χ0) is 16.5. The van der Waals surface area contributed by atoms with Crippen molar-refractivity contribution in [3.8, 4) is 0 Å². The fourth-order valence-electron chi connectivity index (χ4n) is 2.41. The summed E-state index contributed by atoms with van der Waals surface area (Å²) in [7, 11) is -1.87. The van der Waals surface area contributed by atoms with Gasteiger partial charge in [-0.1, -0.05) is 0 Å². The van der Waals surface area contributed by atoms with Gasteiger partial charge in [-0.15, -0.1) is 0 Å². The second-order valence-electron chi connectivity index (χ2n) is 5.28. The minimum Gasteiger partial charge on any atom is -0.355 e. The largest absolute Gasteiger partial charge is 0.433 e. The molecule has 22 heavy (non-hydrogen) atoms. The Morgan fingerprint density at radius 3 is 2.64 bits per heavy atom. The lowest BCUT2D eigenvalue weighted by molar-refractivity contribution is -0.141. The van der Waals surface area contributed by atoms with Crippen LogP contribution in [0.25, 0.3) is 0 Å².